The van der Waals surface area contributed by atoms with Gasteiger partial charge in [0.1, 0.15) is 0 Å². The Bertz CT molecular complexity index is 359. The summed E-state index contributed by atoms with van der Waals surface area (Å²) < 4.78 is 0. The summed E-state index contributed by atoms with van der Waals surface area (Å²) in [6.07, 6.45) is 4.05. The van der Waals surface area contributed by atoms with Gasteiger partial charge in [-0.1, -0.05) is 30.3 Å². The lowest BCUT2D eigenvalue weighted by Gasteiger charge is -2.19. The fourth-order valence-corrected chi connectivity index (χ4v) is 1.60. The predicted octanol–water partition coefficient (Wildman–Crippen LogP) is 1.84. The minimum Gasteiger partial charge on any atom is -0.273 e. The van der Waals surface area contributed by atoms with Crippen molar-refractivity contribution in [3.05, 3.63) is 35.9 Å². The van der Waals surface area contributed by atoms with E-state index < -0.39 is 0 Å². The predicted molar refractivity (Wildman–Crippen MR) is 59.6 cm³/mol. The van der Waals surface area contributed by atoms with Crippen LogP contribution in [0.25, 0.3) is 0 Å². The summed E-state index contributed by atoms with van der Waals surface area (Å²) in [7, 11) is 0. The fraction of sp³-hybridized carbons (Fsp3) is 0.333. The van der Waals surface area contributed by atoms with Gasteiger partial charge >= 0.3 is 0 Å². The molecule has 3 heteroatoms. The maximum Gasteiger partial charge on any atom is 0.243 e. The van der Waals surface area contributed by atoms with Crippen molar-refractivity contribution >= 4 is 12.1 Å². The molecule has 0 bridgehead atoms. The SMILES string of the molecule is O=C1CCC=NN1CCc1ccccc1. The van der Waals surface area contributed by atoms with Gasteiger partial charge < -0.3 is 0 Å². The molecule has 0 unspecified atom stereocenters. The Labute approximate surface area is 89.4 Å². The highest BCUT2D eigenvalue weighted by Crippen LogP contribution is 2.07. The van der Waals surface area contributed by atoms with Crippen LogP contribution in [-0.2, 0) is 11.2 Å². The molecule has 0 N–H and O–H groups in total. The third kappa shape index (κ3) is 2.65. The standard InChI is InChI=1S/C12H14N2O/c15-12-7-4-9-13-14(12)10-8-11-5-2-1-3-6-11/h1-3,5-6,9H,4,7-8,10H2. The Morgan fingerprint density at radius 2 is 2.07 bits per heavy atom. The number of carbonyl (C=O) groups excluding carboxylic acids is 1. The van der Waals surface area contributed by atoms with E-state index in [1.54, 1.807) is 5.01 Å². The van der Waals surface area contributed by atoms with Gasteiger partial charge in [-0.15, -0.1) is 0 Å². The van der Waals surface area contributed by atoms with Gasteiger partial charge in [0.15, 0.2) is 0 Å². The number of rotatable bonds is 3. The third-order valence-corrected chi connectivity index (χ3v) is 2.45. The van der Waals surface area contributed by atoms with E-state index in [-0.39, 0.29) is 5.91 Å². The molecule has 1 heterocycles. The second kappa shape index (κ2) is 4.73. The third-order valence-electron chi connectivity index (χ3n) is 2.45. The quantitative estimate of drug-likeness (QED) is 0.736. The Morgan fingerprint density at radius 1 is 1.27 bits per heavy atom. The van der Waals surface area contributed by atoms with Crippen molar-refractivity contribution in [1.29, 1.82) is 0 Å². The molecule has 0 radical (unpaired) electrons. The van der Waals surface area contributed by atoms with Crippen LogP contribution < -0.4 is 0 Å². The van der Waals surface area contributed by atoms with Crippen LogP contribution in [0, 0.1) is 0 Å². The molecular weight excluding hydrogens is 188 g/mol. The first kappa shape index (κ1) is 9.90. The van der Waals surface area contributed by atoms with Crippen LogP contribution in [0.2, 0.25) is 0 Å². The molecule has 2 rings (SSSR count). The molecule has 1 aliphatic heterocycles. The van der Waals surface area contributed by atoms with Gasteiger partial charge in [0, 0.05) is 19.2 Å². The minimum absolute atomic E-state index is 0.133. The van der Waals surface area contributed by atoms with Crippen molar-refractivity contribution in [3.63, 3.8) is 0 Å². The maximum absolute atomic E-state index is 11.4. The van der Waals surface area contributed by atoms with E-state index in [0.29, 0.717) is 13.0 Å². The number of carbonyl (C=O) groups is 1. The zero-order valence-electron chi connectivity index (χ0n) is 8.60. The number of hydrazone groups is 1. The topological polar surface area (TPSA) is 32.7 Å². The smallest absolute Gasteiger partial charge is 0.243 e. The number of benzene rings is 1. The van der Waals surface area contributed by atoms with E-state index in [1.165, 1.54) is 5.56 Å². The zero-order chi connectivity index (χ0) is 10.5. The molecular formula is C12H14N2O. The molecule has 0 aliphatic carbocycles. The lowest BCUT2D eigenvalue weighted by atomic mass is 10.1. The summed E-state index contributed by atoms with van der Waals surface area (Å²) in [6.45, 7) is 0.680. The molecule has 15 heavy (non-hydrogen) atoms. The van der Waals surface area contributed by atoms with Crippen molar-refractivity contribution in [2.75, 3.05) is 6.54 Å². The van der Waals surface area contributed by atoms with Crippen LogP contribution in [-0.4, -0.2) is 23.7 Å². The van der Waals surface area contributed by atoms with Gasteiger partial charge in [-0.2, -0.15) is 5.10 Å². The first-order valence-electron chi connectivity index (χ1n) is 5.23. The molecule has 1 aromatic carbocycles. The summed E-state index contributed by atoms with van der Waals surface area (Å²) in [5.74, 6) is 0.133. The van der Waals surface area contributed by atoms with E-state index in [0.717, 1.165) is 12.8 Å². The van der Waals surface area contributed by atoms with E-state index in [2.05, 4.69) is 17.2 Å². The molecule has 0 saturated heterocycles. The molecule has 3 nitrogen and oxygen atoms in total. The van der Waals surface area contributed by atoms with Crippen molar-refractivity contribution in [1.82, 2.24) is 5.01 Å². The molecule has 0 fully saturated rings. The number of nitrogens with zero attached hydrogens (tertiary/aromatic N) is 2. The van der Waals surface area contributed by atoms with E-state index in [9.17, 15) is 4.79 Å². The second-order valence-corrected chi connectivity index (χ2v) is 3.59. The number of hydrogen-bond acceptors (Lipinski definition) is 2. The van der Waals surface area contributed by atoms with Gasteiger partial charge in [0.25, 0.3) is 0 Å². The van der Waals surface area contributed by atoms with Gasteiger partial charge in [0.05, 0.1) is 0 Å². The molecule has 78 valence electrons. The van der Waals surface area contributed by atoms with Crippen molar-refractivity contribution in [3.8, 4) is 0 Å². The maximum atomic E-state index is 11.4. The summed E-state index contributed by atoms with van der Waals surface area (Å²) in [5.41, 5.74) is 1.24. The van der Waals surface area contributed by atoms with Crippen LogP contribution in [0.4, 0.5) is 0 Å². The van der Waals surface area contributed by atoms with E-state index >= 15 is 0 Å². The van der Waals surface area contributed by atoms with Gasteiger partial charge in [-0.25, -0.2) is 5.01 Å². The second-order valence-electron chi connectivity index (χ2n) is 3.59. The molecule has 0 atom stereocenters. The Kier molecular flexibility index (Phi) is 3.12. The first-order chi connectivity index (χ1) is 7.36. The molecule has 0 saturated carbocycles. The molecule has 0 aromatic heterocycles. The van der Waals surface area contributed by atoms with Gasteiger partial charge in [0.2, 0.25) is 5.91 Å². The highest BCUT2D eigenvalue weighted by atomic mass is 16.2. The summed E-state index contributed by atoms with van der Waals surface area (Å²) in [4.78, 5) is 11.4. The van der Waals surface area contributed by atoms with Crippen LogP contribution in [0.3, 0.4) is 0 Å². The van der Waals surface area contributed by atoms with E-state index in [1.807, 2.05) is 24.4 Å². The number of hydrogen-bond donors (Lipinski definition) is 0. The zero-order valence-corrected chi connectivity index (χ0v) is 8.60. The van der Waals surface area contributed by atoms with Crippen LogP contribution in [0.1, 0.15) is 18.4 Å². The summed E-state index contributed by atoms with van der Waals surface area (Å²) in [5, 5.41) is 5.65. The van der Waals surface area contributed by atoms with Crippen molar-refractivity contribution < 1.29 is 4.79 Å². The Hall–Kier alpha value is -1.64. The lowest BCUT2D eigenvalue weighted by molar-refractivity contribution is -0.131. The molecule has 0 spiro atoms. The average molecular weight is 202 g/mol. The first-order valence-corrected chi connectivity index (χ1v) is 5.23. The van der Waals surface area contributed by atoms with Gasteiger partial charge in [-0.3, -0.25) is 4.79 Å². The Morgan fingerprint density at radius 3 is 2.80 bits per heavy atom. The fourth-order valence-electron chi connectivity index (χ4n) is 1.60. The van der Waals surface area contributed by atoms with Crippen LogP contribution in [0.5, 0.6) is 0 Å². The minimum atomic E-state index is 0.133. The normalized spacial score (nSPS) is 15.7. The average Bonchev–Trinajstić information content (AvgIpc) is 2.29. The van der Waals surface area contributed by atoms with Gasteiger partial charge in [-0.05, 0) is 18.4 Å². The summed E-state index contributed by atoms with van der Waals surface area (Å²) >= 11 is 0. The van der Waals surface area contributed by atoms with Crippen LogP contribution in [0.15, 0.2) is 35.4 Å². The lowest BCUT2D eigenvalue weighted by Crippen LogP contribution is -2.30. The molecule has 1 aliphatic rings. The largest absolute Gasteiger partial charge is 0.273 e. The van der Waals surface area contributed by atoms with Crippen molar-refractivity contribution in [2.24, 2.45) is 5.10 Å². The molecule has 1 amide bonds. The Balaban J connectivity index is 1.90. The highest BCUT2D eigenvalue weighted by molar-refractivity contribution is 5.82. The van der Waals surface area contributed by atoms with Crippen LogP contribution >= 0.6 is 0 Å². The van der Waals surface area contributed by atoms with E-state index in [4.69, 9.17) is 0 Å². The summed E-state index contributed by atoms with van der Waals surface area (Å²) in [6, 6.07) is 10.2. The highest BCUT2D eigenvalue weighted by Gasteiger charge is 2.14. The molecule has 1 aromatic rings. The monoisotopic (exact) mass is 202 g/mol. The number of amides is 1. The van der Waals surface area contributed by atoms with Crippen molar-refractivity contribution in [2.45, 2.75) is 19.3 Å².